The van der Waals surface area contributed by atoms with Crippen LogP contribution in [0, 0.1) is 11.3 Å². The number of ether oxygens (including phenoxy) is 1. The van der Waals surface area contributed by atoms with Crippen LogP contribution in [0.2, 0.25) is 0 Å². The van der Waals surface area contributed by atoms with Gasteiger partial charge < -0.3 is 10.1 Å². The number of carbonyl (C=O) groups is 1. The summed E-state index contributed by atoms with van der Waals surface area (Å²) in [4.78, 5) is 19.3. The van der Waals surface area contributed by atoms with E-state index >= 15 is 0 Å². The number of anilines is 2. The second-order valence-electron chi connectivity index (χ2n) is 7.77. The lowest BCUT2D eigenvalue weighted by molar-refractivity contribution is -0.113. The molecule has 4 rings (SSSR count). The highest BCUT2D eigenvalue weighted by Gasteiger charge is 2.43. The normalized spacial score (nSPS) is 22.3. The van der Waals surface area contributed by atoms with E-state index in [-0.39, 0.29) is 29.8 Å². The Bertz CT molecular complexity index is 1030. The molecule has 0 spiro atoms. The van der Waals surface area contributed by atoms with Gasteiger partial charge in [0.15, 0.2) is 5.17 Å². The van der Waals surface area contributed by atoms with Gasteiger partial charge in [-0.15, -0.1) is 0 Å². The van der Waals surface area contributed by atoms with Crippen molar-refractivity contribution in [3.63, 3.8) is 0 Å². The number of nitrogens with one attached hydrogen (secondary N) is 4. The number of methoxy groups -OCH3 is 1. The molecule has 1 saturated heterocycles. The Hall–Kier alpha value is -2.88. The molecule has 9 heteroatoms. The van der Waals surface area contributed by atoms with Crippen molar-refractivity contribution < 1.29 is 9.53 Å². The van der Waals surface area contributed by atoms with Crippen molar-refractivity contribution >= 4 is 40.0 Å². The molecule has 1 fully saturated rings. The third kappa shape index (κ3) is 4.64. The van der Waals surface area contributed by atoms with E-state index in [9.17, 15) is 4.79 Å². The van der Waals surface area contributed by atoms with Crippen LogP contribution < -0.4 is 25.8 Å². The fraction of sp³-hybridized carbons (Fsp3) is 0.348. The highest BCUT2D eigenvalue weighted by atomic mass is 32.2. The predicted molar refractivity (Wildman–Crippen MR) is 131 cm³/mol. The number of thioether (sulfide) groups is 1. The Labute approximate surface area is 192 Å². The van der Waals surface area contributed by atoms with E-state index in [4.69, 9.17) is 15.1 Å². The van der Waals surface area contributed by atoms with Gasteiger partial charge in [-0.2, -0.15) is 0 Å². The average Bonchev–Trinajstić information content (AvgIpc) is 3.18. The largest absolute Gasteiger partial charge is 0.497 e. The van der Waals surface area contributed by atoms with Gasteiger partial charge in [-0.05, 0) is 43.2 Å². The first-order valence-electron chi connectivity index (χ1n) is 10.6. The van der Waals surface area contributed by atoms with E-state index in [0.29, 0.717) is 22.4 Å². The Balaban J connectivity index is 1.52. The third-order valence-corrected chi connectivity index (χ3v) is 6.58. The summed E-state index contributed by atoms with van der Waals surface area (Å²) in [7, 11) is 1.59. The average molecular weight is 453 g/mol. The van der Waals surface area contributed by atoms with Crippen LogP contribution in [0.15, 0.2) is 53.5 Å². The standard InChI is InChI=1S/C23H28N6O2S/c1-4-15-8-10-17(11-9-15)29-21(24)20-14(2)27-28-22(20)26-23(29)32-13-19(30)25-16-6-5-7-18(12-16)31-3/h5-12,14,20,22,24,27-28H,4,13H2,1-3H3,(H,25,30). The van der Waals surface area contributed by atoms with Crippen molar-refractivity contribution in [2.75, 3.05) is 23.1 Å². The molecule has 2 aromatic rings. The van der Waals surface area contributed by atoms with Crippen LogP contribution >= 0.6 is 11.8 Å². The number of hydrogen-bond acceptors (Lipinski definition) is 7. The molecular weight excluding hydrogens is 424 g/mol. The van der Waals surface area contributed by atoms with Crippen LogP contribution in [0.1, 0.15) is 19.4 Å². The molecule has 0 bridgehead atoms. The van der Waals surface area contributed by atoms with E-state index < -0.39 is 0 Å². The maximum atomic E-state index is 12.6. The number of aliphatic imine (C=N–C) groups is 1. The van der Waals surface area contributed by atoms with Crippen LogP contribution in [-0.2, 0) is 11.2 Å². The lowest BCUT2D eigenvalue weighted by atomic mass is 9.97. The number of aryl methyl sites for hydroxylation is 1. The quantitative estimate of drug-likeness (QED) is 0.537. The maximum Gasteiger partial charge on any atom is 0.234 e. The van der Waals surface area contributed by atoms with Gasteiger partial charge in [0, 0.05) is 23.5 Å². The number of amides is 1. The van der Waals surface area contributed by atoms with Gasteiger partial charge in [-0.3, -0.25) is 20.5 Å². The van der Waals surface area contributed by atoms with E-state index in [0.717, 1.165) is 12.1 Å². The number of hydrazine groups is 1. The first-order valence-corrected chi connectivity index (χ1v) is 11.6. The fourth-order valence-corrected chi connectivity index (χ4v) is 4.71. The zero-order valence-corrected chi connectivity index (χ0v) is 19.2. The summed E-state index contributed by atoms with van der Waals surface area (Å²) < 4.78 is 5.21. The van der Waals surface area contributed by atoms with Crippen molar-refractivity contribution in [3.05, 3.63) is 54.1 Å². The van der Waals surface area contributed by atoms with Gasteiger partial charge in [-0.1, -0.05) is 36.9 Å². The molecule has 1 amide bonds. The van der Waals surface area contributed by atoms with Gasteiger partial charge in [0.1, 0.15) is 17.8 Å². The van der Waals surface area contributed by atoms with Gasteiger partial charge in [0.05, 0.1) is 18.8 Å². The molecule has 0 aromatic heterocycles. The van der Waals surface area contributed by atoms with Gasteiger partial charge in [0.2, 0.25) is 5.91 Å². The molecule has 2 aliphatic rings. The zero-order valence-electron chi connectivity index (χ0n) is 18.4. The first kappa shape index (κ1) is 22.3. The smallest absolute Gasteiger partial charge is 0.234 e. The first-order chi connectivity index (χ1) is 15.5. The predicted octanol–water partition coefficient (Wildman–Crippen LogP) is 3.22. The van der Waals surface area contributed by atoms with E-state index in [1.807, 2.05) is 42.2 Å². The van der Waals surface area contributed by atoms with Gasteiger partial charge in [0.25, 0.3) is 0 Å². The summed E-state index contributed by atoms with van der Waals surface area (Å²) in [6.07, 6.45) is 0.723. The van der Waals surface area contributed by atoms with Crippen molar-refractivity contribution in [2.45, 2.75) is 32.5 Å². The molecule has 8 nitrogen and oxygen atoms in total. The number of nitrogens with zero attached hydrogens (tertiary/aromatic N) is 2. The minimum atomic E-state index is -0.229. The molecule has 32 heavy (non-hydrogen) atoms. The fourth-order valence-electron chi connectivity index (χ4n) is 3.86. The molecule has 2 aliphatic heterocycles. The van der Waals surface area contributed by atoms with Crippen molar-refractivity contribution in [1.29, 1.82) is 5.41 Å². The summed E-state index contributed by atoms with van der Waals surface area (Å²) in [5.74, 6) is 1.09. The molecule has 0 saturated carbocycles. The van der Waals surface area contributed by atoms with E-state index in [1.165, 1.54) is 17.3 Å². The van der Waals surface area contributed by atoms with Gasteiger partial charge >= 0.3 is 0 Å². The van der Waals surface area contributed by atoms with Crippen LogP contribution in [0.5, 0.6) is 5.75 Å². The van der Waals surface area contributed by atoms with Gasteiger partial charge in [-0.25, -0.2) is 10.4 Å². The van der Waals surface area contributed by atoms with Crippen molar-refractivity contribution in [2.24, 2.45) is 10.9 Å². The second kappa shape index (κ2) is 9.72. The number of hydrogen-bond donors (Lipinski definition) is 4. The third-order valence-electron chi connectivity index (χ3n) is 5.62. The number of benzene rings is 2. The lowest BCUT2D eigenvalue weighted by Crippen LogP contribution is -2.50. The summed E-state index contributed by atoms with van der Waals surface area (Å²) in [5, 5.41) is 12.4. The Morgan fingerprint density at radius 2 is 2.03 bits per heavy atom. The number of fused-ring (bicyclic) bond motifs is 1. The van der Waals surface area contributed by atoms with Crippen LogP contribution in [0.4, 0.5) is 11.4 Å². The van der Waals surface area contributed by atoms with Crippen molar-refractivity contribution in [1.82, 2.24) is 10.9 Å². The molecule has 168 valence electrons. The monoisotopic (exact) mass is 452 g/mol. The number of amidine groups is 2. The SMILES string of the molecule is CCc1ccc(N2C(=N)C3C(C)NNC3N=C2SCC(=O)Nc2cccc(OC)c2)cc1. The van der Waals surface area contributed by atoms with Crippen LogP contribution in [-0.4, -0.2) is 42.0 Å². The summed E-state index contributed by atoms with van der Waals surface area (Å²) in [5.41, 5.74) is 9.14. The molecule has 0 radical (unpaired) electrons. The molecular formula is C23H28N6O2S. The summed E-state index contributed by atoms with van der Waals surface area (Å²) >= 11 is 1.33. The lowest BCUT2D eigenvalue weighted by Gasteiger charge is -2.36. The molecule has 3 atom stereocenters. The topological polar surface area (TPSA) is 102 Å². The van der Waals surface area contributed by atoms with E-state index in [2.05, 4.69) is 35.2 Å². The number of carbonyl (C=O) groups excluding carboxylic acids is 1. The highest BCUT2D eigenvalue weighted by molar-refractivity contribution is 8.14. The minimum absolute atomic E-state index is 0.0802. The van der Waals surface area contributed by atoms with E-state index in [1.54, 1.807) is 13.2 Å². The molecule has 4 N–H and O–H groups in total. The van der Waals surface area contributed by atoms with Crippen LogP contribution in [0.25, 0.3) is 0 Å². The summed E-state index contributed by atoms with van der Waals surface area (Å²) in [6.45, 7) is 4.16. The second-order valence-corrected chi connectivity index (χ2v) is 8.71. The Morgan fingerprint density at radius 3 is 2.75 bits per heavy atom. The Kier molecular flexibility index (Phi) is 6.78. The molecule has 3 unspecified atom stereocenters. The number of rotatable bonds is 6. The highest BCUT2D eigenvalue weighted by Crippen LogP contribution is 2.32. The maximum absolute atomic E-state index is 12.6. The van der Waals surface area contributed by atoms with Crippen LogP contribution in [0.3, 0.4) is 0 Å². The molecule has 0 aliphatic carbocycles. The Morgan fingerprint density at radius 1 is 1.25 bits per heavy atom. The zero-order chi connectivity index (χ0) is 22.7. The van der Waals surface area contributed by atoms with Crippen molar-refractivity contribution in [3.8, 4) is 5.75 Å². The molecule has 2 aromatic carbocycles. The molecule has 2 heterocycles. The minimum Gasteiger partial charge on any atom is -0.497 e. The summed E-state index contributed by atoms with van der Waals surface area (Å²) in [6, 6.07) is 15.5.